The van der Waals surface area contributed by atoms with Gasteiger partial charge in [0.1, 0.15) is 5.82 Å². The molecule has 1 aliphatic rings. The topological polar surface area (TPSA) is 56.0 Å². The number of likely N-dealkylation sites (tertiary alicyclic amines) is 1. The molecule has 0 spiro atoms. The van der Waals surface area contributed by atoms with Crippen LogP contribution < -0.4 is 5.56 Å². The lowest BCUT2D eigenvalue weighted by Gasteiger charge is -2.32. The lowest BCUT2D eigenvalue weighted by atomic mass is 9.96. The first-order valence-electron chi connectivity index (χ1n) is 7.91. The number of hydrogen-bond acceptors (Lipinski definition) is 4. The molecule has 118 valence electrons. The molecule has 2 aromatic heterocycles. The number of rotatable bonds is 5. The van der Waals surface area contributed by atoms with Gasteiger partial charge in [-0.25, -0.2) is 9.97 Å². The van der Waals surface area contributed by atoms with E-state index in [2.05, 4.69) is 19.4 Å². The fourth-order valence-corrected chi connectivity index (χ4v) is 3.08. The summed E-state index contributed by atoms with van der Waals surface area (Å²) < 4.78 is 3.82. The summed E-state index contributed by atoms with van der Waals surface area (Å²) in [5, 5.41) is 0. The summed E-state index contributed by atoms with van der Waals surface area (Å²) in [6.45, 7) is 4.05. The zero-order valence-electron chi connectivity index (χ0n) is 13.1. The van der Waals surface area contributed by atoms with Gasteiger partial charge >= 0.3 is 0 Å². The number of aromatic nitrogens is 4. The van der Waals surface area contributed by atoms with Crippen LogP contribution in [0.1, 0.15) is 18.7 Å². The van der Waals surface area contributed by atoms with Crippen LogP contribution in [0.3, 0.4) is 0 Å². The van der Waals surface area contributed by atoms with Gasteiger partial charge in [0.25, 0.3) is 5.56 Å². The summed E-state index contributed by atoms with van der Waals surface area (Å²) in [5.74, 6) is 1.72. The Kier molecular flexibility index (Phi) is 4.68. The number of nitrogens with zero attached hydrogens (tertiary/aromatic N) is 5. The Morgan fingerprint density at radius 2 is 2.09 bits per heavy atom. The van der Waals surface area contributed by atoms with Crippen molar-refractivity contribution in [3.8, 4) is 0 Å². The van der Waals surface area contributed by atoms with Crippen molar-refractivity contribution in [2.75, 3.05) is 19.6 Å². The molecule has 1 saturated heterocycles. The molecule has 0 amide bonds. The minimum Gasteiger partial charge on any atom is -0.338 e. The van der Waals surface area contributed by atoms with Crippen molar-refractivity contribution in [2.24, 2.45) is 13.0 Å². The van der Waals surface area contributed by atoms with Gasteiger partial charge in [-0.05, 0) is 31.8 Å². The predicted molar refractivity (Wildman–Crippen MR) is 84.6 cm³/mol. The highest BCUT2D eigenvalue weighted by molar-refractivity contribution is 4.92. The first-order valence-corrected chi connectivity index (χ1v) is 7.91. The van der Waals surface area contributed by atoms with E-state index in [0.717, 1.165) is 51.3 Å². The largest absolute Gasteiger partial charge is 0.338 e. The van der Waals surface area contributed by atoms with Gasteiger partial charge in [0.15, 0.2) is 0 Å². The van der Waals surface area contributed by atoms with Crippen LogP contribution in [0.25, 0.3) is 0 Å². The molecule has 0 aliphatic carbocycles. The molecule has 3 rings (SSSR count). The van der Waals surface area contributed by atoms with Gasteiger partial charge in [-0.15, -0.1) is 0 Å². The normalized spacial score (nSPS) is 17.0. The van der Waals surface area contributed by atoms with Crippen molar-refractivity contribution in [1.82, 2.24) is 24.0 Å². The number of aryl methyl sites for hydroxylation is 1. The zero-order chi connectivity index (χ0) is 15.4. The molecule has 6 heteroatoms. The molecule has 22 heavy (non-hydrogen) atoms. The molecular weight excluding hydrogens is 278 g/mol. The summed E-state index contributed by atoms with van der Waals surface area (Å²) in [5.41, 5.74) is 0.0483. The highest BCUT2D eigenvalue weighted by Gasteiger charge is 2.19. The molecule has 0 aromatic carbocycles. The summed E-state index contributed by atoms with van der Waals surface area (Å²) in [6.07, 6.45) is 10.3. The Morgan fingerprint density at radius 3 is 2.77 bits per heavy atom. The maximum atomic E-state index is 11.7. The molecule has 1 fully saturated rings. The molecule has 1 aliphatic heterocycles. The fraction of sp³-hybridized carbons (Fsp3) is 0.562. The fourth-order valence-electron chi connectivity index (χ4n) is 3.08. The van der Waals surface area contributed by atoms with E-state index in [4.69, 9.17) is 0 Å². The van der Waals surface area contributed by atoms with Gasteiger partial charge in [-0.3, -0.25) is 9.36 Å². The van der Waals surface area contributed by atoms with E-state index in [9.17, 15) is 4.79 Å². The summed E-state index contributed by atoms with van der Waals surface area (Å²) in [4.78, 5) is 22.6. The molecule has 0 atom stereocenters. The highest BCUT2D eigenvalue weighted by Crippen LogP contribution is 2.18. The van der Waals surface area contributed by atoms with Crippen molar-refractivity contribution in [2.45, 2.75) is 25.8 Å². The molecule has 3 heterocycles. The van der Waals surface area contributed by atoms with Gasteiger partial charge < -0.3 is 9.47 Å². The summed E-state index contributed by atoms with van der Waals surface area (Å²) in [7, 11) is 2.04. The van der Waals surface area contributed by atoms with Crippen LogP contribution in [0.2, 0.25) is 0 Å². The molecule has 0 unspecified atom stereocenters. The average molecular weight is 301 g/mol. The second kappa shape index (κ2) is 6.87. The third-order valence-electron chi connectivity index (χ3n) is 4.53. The van der Waals surface area contributed by atoms with Gasteiger partial charge in [0.2, 0.25) is 0 Å². The summed E-state index contributed by atoms with van der Waals surface area (Å²) >= 11 is 0. The van der Waals surface area contributed by atoms with E-state index in [-0.39, 0.29) is 5.56 Å². The number of hydrogen-bond donors (Lipinski definition) is 0. The Morgan fingerprint density at radius 1 is 1.27 bits per heavy atom. The zero-order valence-corrected chi connectivity index (χ0v) is 13.1. The van der Waals surface area contributed by atoms with E-state index in [0.29, 0.717) is 5.92 Å². The third kappa shape index (κ3) is 3.62. The standard InChI is InChI=1S/C16H23N5O/c1-19-11-7-18-15(19)5-10-20-8-3-14(4-9-20)12-21-13-17-6-2-16(21)22/h2,6-7,11,13-14H,3-5,8-10,12H2,1H3. The maximum Gasteiger partial charge on any atom is 0.253 e. The van der Waals surface area contributed by atoms with Crippen molar-refractivity contribution in [1.29, 1.82) is 0 Å². The van der Waals surface area contributed by atoms with Gasteiger partial charge in [-0.2, -0.15) is 0 Å². The van der Waals surface area contributed by atoms with Gasteiger partial charge in [0, 0.05) is 51.2 Å². The Hall–Kier alpha value is -1.95. The van der Waals surface area contributed by atoms with Crippen LogP contribution in [0.15, 0.2) is 35.8 Å². The van der Waals surface area contributed by atoms with Crippen molar-refractivity contribution in [3.63, 3.8) is 0 Å². The maximum absolute atomic E-state index is 11.7. The van der Waals surface area contributed by atoms with Crippen molar-refractivity contribution in [3.05, 3.63) is 47.2 Å². The summed E-state index contributed by atoms with van der Waals surface area (Å²) in [6, 6.07) is 1.53. The van der Waals surface area contributed by atoms with Crippen LogP contribution in [0.5, 0.6) is 0 Å². The van der Waals surface area contributed by atoms with E-state index in [1.807, 2.05) is 19.4 Å². The van der Waals surface area contributed by atoms with Crippen molar-refractivity contribution < 1.29 is 0 Å². The second-order valence-electron chi connectivity index (χ2n) is 6.06. The van der Waals surface area contributed by atoms with E-state index in [1.165, 1.54) is 6.07 Å². The predicted octanol–water partition coefficient (Wildman–Crippen LogP) is 0.931. The minimum absolute atomic E-state index is 0.0483. The lowest BCUT2D eigenvalue weighted by molar-refractivity contribution is 0.173. The van der Waals surface area contributed by atoms with E-state index < -0.39 is 0 Å². The number of imidazole rings is 1. The lowest BCUT2D eigenvalue weighted by Crippen LogP contribution is -2.37. The first kappa shape index (κ1) is 15.0. The van der Waals surface area contributed by atoms with E-state index >= 15 is 0 Å². The first-order chi connectivity index (χ1) is 10.7. The Bertz CT molecular complexity index is 654. The molecular formula is C16H23N5O. The van der Waals surface area contributed by atoms with Gasteiger partial charge in [0.05, 0.1) is 6.33 Å². The van der Waals surface area contributed by atoms with Crippen LogP contribution in [-0.2, 0) is 20.0 Å². The molecule has 2 aromatic rings. The van der Waals surface area contributed by atoms with Gasteiger partial charge in [-0.1, -0.05) is 0 Å². The molecule has 0 saturated carbocycles. The third-order valence-corrected chi connectivity index (χ3v) is 4.53. The molecule has 0 radical (unpaired) electrons. The number of piperidine rings is 1. The van der Waals surface area contributed by atoms with Crippen molar-refractivity contribution >= 4 is 0 Å². The van der Waals surface area contributed by atoms with Crippen LogP contribution in [0, 0.1) is 5.92 Å². The van der Waals surface area contributed by atoms with Crippen LogP contribution in [0.4, 0.5) is 0 Å². The van der Waals surface area contributed by atoms with E-state index in [1.54, 1.807) is 17.1 Å². The molecule has 0 bridgehead atoms. The SMILES string of the molecule is Cn1ccnc1CCN1CCC(Cn2cnccc2=O)CC1. The monoisotopic (exact) mass is 301 g/mol. The smallest absolute Gasteiger partial charge is 0.253 e. The molecule has 0 N–H and O–H groups in total. The highest BCUT2D eigenvalue weighted by atomic mass is 16.1. The quantitative estimate of drug-likeness (QED) is 0.824. The van der Waals surface area contributed by atoms with Crippen LogP contribution >= 0.6 is 0 Å². The Labute approximate surface area is 130 Å². The van der Waals surface area contributed by atoms with Crippen LogP contribution in [-0.4, -0.2) is 43.6 Å². The average Bonchev–Trinajstić information content (AvgIpc) is 2.94. The Balaban J connectivity index is 1.45. The second-order valence-corrected chi connectivity index (χ2v) is 6.06. The minimum atomic E-state index is 0.0483. The molecule has 6 nitrogen and oxygen atoms in total.